The maximum absolute atomic E-state index is 12.4. The van der Waals surface area contributed by atoms with Gasteiger partial charge in [-0.15, -0.1) is 0 Å². The number of carbonyl (C=O) groups is 1. The first-order valence-corrected chi connectivity index (χ1v) is 10.7. The van der Waals surface area contributed by atoms with Crippen LogP contribution in [0.1, 0.15) is 36.0 Å². The highest BCUT2D eigenvalue weighted by molar-refractivity contribution is 7.89. The molecule has 1 saturated carbocycles. The Morgan fingerprint density at radius 2 is 1.77 bits per heavy atom. The first-order valence-electron chi connectivity index (χ1n) is 9.25. The lowest BCUT2D eigenvalue weighted by molar-refractivity contribution is 0.0383. The van der Waals surface area contributed by atoms with E-state index in [4.69, 9.17) is 4.74 Å². The van der Waals surface area contributed by atoms with Gasteiger partial charge in [-0.2, -0.15) is 0 Å². The second kappa shape index (κ2) is 8.94. The number of hydrogen-bond donors (Lipinski definition) is 2. The maximum atomic E-state index is 12.4. The van der Waals surface area contributed by atoms with Crippen LogP contribution in [0.4, 0.5) is 0 Å². The lowest BCUT2D eigenvalue weighted by Crippen LogP contribution is -2.41. The monoisotopic (exact) mass is 381 g/mol. The van der Waals surface area contributed by atoms with Crippen LogP contribution in [-0.2, 0) is 14.8 Å². The van der Waals surface area contributed by atoms with Gasteiger partial charge in [0.2, 0.25) is 10.0 Å². The minimum Gasteiger partial charge on any atom is -0.379 e. The van der Waals surface area contributed by atoms with Gasteiger partial charge in [0.1, 0.15) is 0 Å². The number of nitrogens with one attached hydrogen (secondary N) is 2. The average molecular weight is 381 g/mol. The van der Waals surface area contributed by atoms with Crippen molar-refractivity contribution in [2.75, 3.05) is 39.4 Å². The number of carbonyl (C=O) groups excluding carboxylic acids is 1. The molecule has 0 radical (unpaired) electrons. The highest BCUT2D eigenvalue weighted by Gasteiger charge is 2.23. The molecule has 0 aromatic heterocycles. The van der Waals surface area contributed by atoms with E-state index in [2.05, 4.69) is 14.9 Å². The Kier molecular flexibility index (Phi) is 6.63. The van der Waals surface area contributed by atoms with Crippen molar-refractivity contribution >= 4 is 15.9 Å². The third kappa shape index (κ3) is 5.26. The molecule has 0 unspecified atom stereocenters. The van der Waals surface area contributed by atoms with E-state index in [1.807, 2.05) is 0 Å². The molecule has 2 aliphatic rings. The van der Waals surface area contributed by atoms with Crippen molar-refractivity contribution in [1.82, 2.24) is 14.9 Å². The van der Waals surface area contributed by atoms with Gasteiger partial charge in [0, 0.05) is 37.8 Å². The highest BCUT2D eigenvalue weighted by Crippen LogP contribution is 2.20. The van der Waals surface area contributed by atoms with Gasteiger partial charge in [0.25, 0.3) is 5.91 Å². The summed E-state index contributed by atoms with van der Waals surface area (Å²) in [6.07, 6.45) is 3.92. The molecular weight excluding hydrogens is 354 g/mol. The van der Waals surface area contributed by atoms with Crippen LogP contribution in [-0.4, -0.2) is 64.7 Å². The fourth-order valence-corrected chi connectivity index (χ4v) is 4.68. The van der Waals surface area contributed by atoms with E-state index in [0.717, 1.165) is 58.5 Å². The van der Waals surface area contributed by atoms with E-state index >= 15 is 0 Å². The van der Waals surface area contributed by atoms with E-state index in [1.165, 1.54) is 12.1 Å². The molecule has 0 atom stereocenters. The van der Waals surface area contributed by atoms with Crippen LogP contribution >= 0.6 is 0 Å². The van der Waals surface area contributed by atoms with Gasteiger partial charge in [-0.25, -0.2) is 13.1 Å². The van der Waals surface area contributed by atoms with Gasteiger partial charge in [-0.1, -0.05) is 12.8 Å². The summed E-state index contributed by atoms with van der Waals surface area (Å²) in [7, 11) is -3.52. The number of hydrogen-bond acceptors (Lipinski definition) is 5. The van der Waals surface area contributed by atoms with Gasteiger partial charge in [-0.3, -0.25) is 9.69 Å². The zero-order valence-electron chi connectivity index (χ0n) is 14.9. The lowest BCUT2D eigenvalue weighted by Gasteiger charge is -2.26. The number of nitrogens with zero attached hydrogens (tertiary/aromatic N) is 1. The largest absolute Gasteiger partial charge is 0.379 e. The standard InChI is InChI=1S/C18H27N3O4S/c22-18(19-9-10-21-11-13-25-14-12-21)15-5-7-17(8-6-15)26(23,24)20-16-3-1-2-4-16/h5-8,16,20H,1-4,9-14H2,(H,19,22). The van der Waals surface area contributed by atoms with Gasteiger partial charge in [0.05, 0.1) is 18.1 Å². The molecule has 0 bridgehead atoms. The van der Waals surface area contributed by atoms with E-state index in [-0.39, 0.29) is 16.8 Å². The minimum absolute atomic E-state index is 0.0307. The van der Waals surface area contributed by atoms with Crippen LogP contribution < -0.4 is 10.0 Å². The molecule has 2 N–H and O–H groups in total. The number of sulfonamides is 1. The Morgan fingerprint density at radius 3 is 2.42 bits per heavy atom. The molecule has 26 heavy (non-hydrogen) atoms. The molecule has 1 saturated heterocycles. The normalized spacial score (nSPS) is 19.5. The first-order chi connectivity index (χ1) is 12.5. The number of benzene rings is 1. The summed E-state index contributed by atoms with van der Waals surface area (Å²) in [5.41, 5.74) is 0.465. The highest BCUT2D eigenvalue weighted by atomic mass is 32.2. The summed E-state index contributed by atoms with van der Waals surface area (Å²) in [6, 6.07) is 6.14. The summed E-state index contributed by atoms with van der Waals surface area (Å²) in [5.74, 6) is -0.189. The molecule has 1 aliphatic carbocycles. The van der Waals surface area contributed by atoms with E-state index in [9.17, 15) is 13.2 Å². The predicted molar refractivity (Wildman–Crippen MR) is 98.6 cm³/mol. The Hall–Kier alpha value is -1.48. The van der Waals surface area contributed by atoms with Crippen LogP contribution in [0, 0.1) is 0 Å². The fourth-order valence-electron chi connectivity index (χ4n) is 3.37. The second-order valence-corrected chi connectivity index (χ2v) is 8.55. The Balaban J connectivity index is 1.50. The molecular formula is C18H27N3O4S. The quantitative estimate of drug-likeness (QED) is 0.735. The molecule has 2 fully saturated rings. The smallest absolute Gasteiger partial charge is 0.251 e. The van der Waals surface area contributed by atoms with Crippen LogP contribution in [0.2, 0.25) is 0 Å². The second-order valence-electron chi connectivity index (χ2n) is 6.84. The summed E-state index contributed by atoms with van der Waals surface area (Å²) in [6.45, 7) is 4.58. The lowest BCUT2D eigenvalue weighted by atomic mass is 10.2. The number of ether oxygens (including phenoxy) is 1. The van der Waals surface area contributed by atoms with Crippen LogP contribution in [0.3, 0.4) is 0 Å². The van der Waals surface area contributed by atoms with Gasteiger partial charge in [-0.05, 0) is 37.1 Å². The average Bonchev–Trinajstić information content (AvgIpc) is 3.15. The molecule has 1 aliphatic heterocycles. The van der Waals surface area contributed by atoms with Crippen molar-refractivity contribution in [2.45, 2.75) is 36.6 Å². The third-order valence-electron chi connectivity index (χ3n) is 4.92. The summed E-state index contributed by atoms with van der Waals surface area (Å²) in [4.78, 5) is 14.7. The predicted octanol–water partition coefficient (Wildman–Crippen LogP) is 0.970. The Morgan fingerprint density at radius 1 is 1.12 bits per heavy atom. The molecule has 7 nitrogen and oxygen atoms in total. The summed E-state index contributed by atoms with van der Waals surface area (Å²) in [5, 5.41) is 2.88. The van der Waals surface area contributed by atoms with Crippen molar-refractivity contribution in [3.63, 3.8) is 0 Å². The minimum atomic E-state index is -3.52. The first kappa shape index (κ1) is 19.3. The van der Waals surface area contributed by atoms with E-state index < -0.39 is 10.0 Å². The maximum Gasteiger partial charge on any atom is 0.251 e. The number of rotatable bonds is 7. The SMILES string of the molecule is O=C(NCCN1CCOCC1)c1ccc(S(=O)(=O)NC2CCCC2)cc1. The molecule has 1 aromatic rings. The van der Waals surface area contributed by atoms with E-state index in [0.29, 0.717) is 12.1 Å². The van der Waals surface area contributed by atoms with Gasteiger partial charge < -0.3 is 10.1 Å². The Labute approximate surface area is 155 Å². The van der Waals surface area contributed by atoms with Crippen molar-refractivity contribution in [1.29, 1.82) is 0 Å². The topological polar surface area (TPSA) is 87.7 Å². The number of morpholine rings is 1. The molecule has 1 aromatic carbocycles. The molecule has 1 heterocycles. The van der Waals surface area contributed by atoms with Crippen molar-refractivity contribution in [3.8, 4) is 0 Å². The van der Waals surface area contributed by atoms with Crippen molar-refractivity contribution in [2.24, 2.45) is 0 Å². The van der Waals surface area contributed by atoms with Crippen LogP contribution in [0.15, 0.2) is 29.2 Å². The van der Waals surface area contributed by atoms with Crippen LogP contribution in [0.5, 0.6) is 0 Å². The molecule has 3 rings (SSSR count). The third-order valence-corrected chi connectivity index (χ3v) is 6.46. The Bertz CT molecular complexity index is 694. The van der Waals surface area contributed by atoms with Crippen molar-refractivity contribution < 1.29 is 17.9 Å². The number of amides is 1. The van der Waals surface area contributed by atoms with Gasteiger partial charge >= 0.3 is 0 Å². The molecule has 0 spiro atoms. The van der Waals surface area contributed by atoms with Gasteiger partial charge in [0.15, 0.2) is 0 Å². The summed E-state index contributed by atoms with van der Waals surface area (Å²) < 4.78 is 32.8. The zero-order valence-corrected chi connectivity index (χ0v) is 15.8. The zero-order chi connectivity index (χ0) is 18.4. The van der Waals surface area contributed by atoms with Crippen molar-refractivity contribution in [3.05, 3.63) is 29.8 Å². The molecule has 1 amide bonds. The van der Waals surface area contributed by atoms with Crippen LogP contribution in [0.25, 0.3) is 0 Å². The van der Waals surface area contributed by atoms with E-state index in [1.54, 1.807) is 12.1 Å². The summed E-state index contributed by atoms with van der Waals surface area (Å²) >= 11 is 0. The fraction of sp³-hybridized carbons (Fsp3) is 0.611. The molecule has 144 valence electrons. The molecule has 8 heteroatoms.